The van der Waals surface area contributed by atoms with E-state index in [0.717, 1.165) is 0 Å². The maximum atomic E-state index is 12.8. The molecule has 1 N–H and O–H groups in total. The van der Waals surface area contributed by atoms with Crippen molar-refractivity contribution in [1.82, 2.24) is 19.7 Å². The van der Waals surface area contributed by atoms with Crippen molar-refractivity contribution >= 4 is 5.82 Å². The molecule has 20 heavy (non-hydrogen) atoms. The molecule has 0 radical (unpaired) electrons. The van der Waals surface area contributed by atoms with Crippen LogP contribution in [0.15, 0.2) is 18.3 Å². The minimum Gasteiger partial charge on any atom is -0.370 e. The lowest BCUT2D eigenvalue weighted by atomic mass is 10.2. The molecule has 8 heteroatoms. The molecule has 0 aromatic carbocycles. The maximum Gasteiger partial charge on any atom is 0.451 e. The van der Waals surface area contributed by atoms with Crippen LogP contribution < -0.4 is 5.32 Å². The molecule has 0 unspecified atom stereocenters. The molecule has 0 aliphatic rings. The zero-order valence-corrected chi connectivity index (χ0v) is 11.1. The maximum absolute atomic E-state index is 12.8. The van der Waals surface area contributed by atoms with Crippen LogP contribution in [0.25, 0.3) is 11.4 Å². The van der Waals surface area contributed by atoms with Gasteiger partial charge < -0.3 is 5.32 Å². The monoisotopic (exact) mass is 285 g/mol. The van der Waals surface area contributed by atoms with Gasteiger partial charge in [-0.2, -0.15) is 18.3 Å². The Morgan fingerprint density at radius 1 is 1.25 bits per heavy atom. The van der Waals surface area contributed by atoms with Crippen LogP contribution >= 0.6 is 0 Å². The van der Waals surface area contributed by atoms with Gasteiger partial charge in [-0.05, 0) is 19.9 Å². The summed E-state index contributed by atoms with van der Waals surface area (Å²) in [6.45, 7) is 4.66. The summed E-state index contributed by atoms with van der Waals surface area (Å²) in [5.41, 5.74) is 0.724. The SMILES string of the molecule is CCNc1cc(-c2ccnn2CC)nc(C(F)(F)F)n1. The molecule has 0 aliphatic heterocycles. The molecule has 2 aromatic heterocycles. The summed E-state index contributed by atoms with van der Waals surface area (Å²) in [7, 11) is 0. The zero-order valence-electron chi connectivity index (χ0n) is 11.1. The molecule has 2 rings (SSSR count). The molecule has 108 valence electrons. The van der Waals surface area contributed by atoms with Crippen molar-refractivity contribution in [3.63, 3.8) is 0 Å². The first-order valence-electron chi connectivity index (χ1n) is 6.18. The van der Waals surface area contributed by atoms with Crippen LogP contribution in [0.1, 0.15) is 19.7 Å². The Morgan fingerprint density at radius 3 is 2.60 bits per heavy atom. The average Bonchev–Trinajstić information content (AvgIpc) is 2.86. The topological polar surface area (TPSA) is 55.6 Å². The first-order chi connectivity index (χ1) is 9.45. The first kappa shape index (κ1) is 14.3. The molecular weight excluding hydrogens is 271 g/mol. The standard InChI is InChI=1S/C12H14F3N5/c1-3-16-10-7-8(9-5-6-17-20(9)4-2)18-11(19-10)12(13,14)15/h5-7H,3-4H2,1-2H3,(H,16,18,19). The Morgan fingerprint density at radius 2 is 2.00 bits per heavy atom. The van der Waals surface area contributed by atoms with Crippen LogP contribution in [-0.4, -0.2) is 26.3 Å². The third-order valence-corrected chi connectivity index (χ3v) is 2.62. The number of nitrogens with zero attached hydrogens (tertiary/aromatic N) is 4. The van der Waals surface area contributed by atoms with Crippen molar-refractivity contribution in [2.24, 2.45) is 0 Å². The highest BCUT2D eigenvalue weighted by molar-refractivity contribution is 5.59. The second kappa shape index (κ2) is 5.48. The van der Waals surface area contributed by atoms with E-state index in [0.29, 0.717) is 18.8 Å². The van der Waals surface area contributed by atoms with E-state index in [9.17, 15) is 13.2 Å². The van der Waals surface area contributed by atoms with Gasteiger partial charge in [-0.25, -0.2) is 9.97 Å². The number of aromatic nitrogens is 4. The summed E-state index contributed by atoms with van der Waals surface area (Å²) in [6, 6.07) is 3.11. The molecule has 0 fully saturated rings. The fourth-order valence-electron chi connectivity index (χ4n) is 1.78. The van der Waals surface area contributed by atoms with Crippen molar-refractivity contribution in [3.8, 4) is 11.4 Å². The van der Waals surface area contributed by atoms with E-state index in [-0.39, 0.29) is 11.5 Å². The van der Waals surface area contributed by atoms with Gasteiger partial charge in [0.15, 0.2) is 0 Å². The lowest BCUT2D eigenvalue weighted by Crippen LogP contribution is -2.14. The van der Waals surface area contributed by atoms with Crippen molar-refractivity contribution in [1.29, 1.82) is 0 Å². The number of hydrogen-bond acceptors (Lipinski definition) is 4. The Kier molecular flexibility index (Phi) is 3.91. The van der Waals surface area contributed by atoms with Gasteiger partial charge in [0.2, 0.25) is 5.82 Å². The molecule has 0 saturated carbocycles. The third-order valence-electron chi connectivity index (χ3n) is 2.62. The van der Waals surface area contributed by atoms with Crippen LogP contribution in [0.5, 0.6) is 0 Å². The Balaban J connectivity index is 2.55. The van der Waals surface area contributed by atoms with Crippen LogP contribution in [-0.2, 0) is 12.7 Å². The number of alkyl halides is 3. The second-order valence-electron chi connectivity index (χ2n) is 4.02. The smallest absolute Gasteiger partial charge is 0.370 e. The summed E-state index contributed by atoms with van der Waals surface area (Å²) in [4.78, 5) is 7.08. The van der Waals surface area contributed by atoms with Crippen LogP contribution in [0.2, 0.25) is 0 Å². The molecule has 2 aromatic rings. The summed E-state index contributed by atoms with van der Waals surface area (Å²) >= 11 is 0. The van der Waals surface area contributed by atoms with Gasteiger partial charge in [0.05, 0.1) is 11.4 Å². The van der Waals surface area contributed by atoms with E-state index < -0.39 is 12.0 Å². The molecule has 0 bridgehead atoms. The summed E-state index contributed by atoms with van der Waals surface area (Å²) < 4.78 is 40.1. The summed E-state index contributed by atoms with van der Waals surface area (Å²) in [5.74, 6) is -1.01. The van der Waals surface area contributed by atoms with Crippen molar-refractivity contribution < 1.29 is 13.2 Å². The Hall–Kier alpha value is -2.12. The van der Waals surface area contributed by atoms with Crippen molar-refractivity contribution in [2.75, 3.05) is 11.9 Å². The highest BCUT2D eigenvalue weighted by Crippen LogP contribution is 2.29. The van der Waals surface area contributed by atoms with Crippen LogP contribution in [0.3, 0.4) is 0 Å². The molecule has 0 saturated heterocycles. The number of anilines is 1. The number of hydrogen-bond donors (Lipinski definition) is 1. The van der Waals surface area contributed by atoms with Crippen LogP contribution in [0.4, 0.5) is 19.0 Å². The number of halogens is 3. The van der Waals surface area contributed by atoms with E-state index >= 15 is 0 Å². The first-order valence-corrected chi connectivity index (χ1v) is 6.18. The summed E-state index contributed by atoms with van der Waals surface area (Å²) in [6.07, 6.45) is -3.06. The van der Waals surface area contributed by atoms with Crippen molar-refractivity contribution in [3.05, 3.63) is 24.2 Å². The Labute approximate surface area is 113 Å². The van der Waals surface area contributed by atoms with E-state index in [4.69, 9.17) is 0 Å². The highest BCUT2D eigenvalue weighted by atomic mass is 19.4. The predicted molar refractivity (Wildman–Crippen MR) is 68.1 cm³/mol. The molecule has 0 amide bonds. The molecule has 5 nitrogen and oxygen atoms in total. The zero-order chi connectivity index (χ0) is 14.8. The molecule has 0 aliphatic carbocycles. The highest BCUT2D eigenvalue weighted by Gasteiger charge is 2.35. The number of aryl methyl sites for hydroxylation is 1. The average molecular weight is 285 g/mol. The van der Waals surface area contributed by atoms with Gasteiger partial charge >= 0.3 is 6.18 Å². The quantitative estimate of drug-likeness (QED) is 0.938. The third kappa shape index (κ3) is 2.89. The largest absolute Gasteiger partial charge is 0.451 e. The fraction of sp³-hybridized carbons (Fsp3) is 0.417. The van der Waals surface area contributed by atoms with Gasteiger partial charge in [-0.3, -0.25) is 4.68 Å². The van der Waals surface area contributed by atoms with E-state index in [1.807, 2.05) is 6.92 Å². The minimum atomic E-state index is -4.59. The van der Waals surface area contributed by atoms with Crippen molar-refractivity contribution in [2.45, 2.75) is 26.6 Å². The van der Waals surface area contributed by atoms with Gasteiger partial charge in [-0.1, -0.05) is 0 Å². The molecule has 0 atom stereocenters. The van der Waals surface area contributed by atoms with Gasteiger partial charge in [0.25, 0.3) is 0 Å². The molecule has 0 spiro atoms. The lowest BCUT2D eigenvalue weighted by molar-refractivity contribution is -0.144. The predicted octanol–water partition coefficient (Wildman–Crippen LogP) is 2.81. The molecule has 2 heterocycles. The van der Waals surface area contributed by atoms with Gasteiger partial charge in [0, 0.05) is 25.4 Å². The van der Waals surface area contributed by atoms with Gasteiger partial charge in [0.1, 0.15) is 5.82 Å². The lowest BCUT2D eigenvalue weighted by Gasteiger charge is -2.11. The van der Waals surface area contributed by atoms with Gasteiger partial charge in [-0.15, -0.1) is 0 Å². The van der Waals surface area contributed by atoms with E-state index in [1.165, 1.54) is 12.3 Å². The normalized spacial score (nSPS) is 11.7. The minimum absolute atomic E-state index is 0.147. The Bertz CT molecular complexity index is 591. The van der Waals surface area contributed by atoms with E-state index in [2.05, 4.69) is 20.4 Å². The molecular formula is C12H14F3N5. The number of rotatable bonds is 4. The second-order valence-corrected chi connectivity index (χ2v) is 4.02. The van der Waals surface area contributed by atoms with E-state index in [1.54, 1.807) is 17.7 Å². The summed E-state index contributed by atoms with van der Waals surface area (Å²) in [5, 5.41) is 6.81. The van der Waals surface area contributed by atoms with Crippen LogP contribution in [0, 0.1) is 0 Å². The fourth-order valence-corrected chi connectivity index (χ4v) is 1.78. The number of nitrogens with one attached hydrogen (secondary N) is 1.